The Bertz CT molecular complexity index is 860. The van der Waals surface area contributed by atoms with Crippen LogP contribution < -0.4 is 4.90 Å². The highest BCUT2D eigenvalue weighted by Crippen LogP contribution is 2.38. The summed E-state index contributed by atoms with van der Waals surface area (Å²) in [7, 11) is 0. The summed E-state index contributed by atoms with van der Waals surface area (Å²) < 4.78 is 2.28. The molecule has 1 saturated carbocycles. The summed E-state index contributed by atoms with van der Waals surface area (Å²) >= 11 is 0. The average Bonchev–Trinajstić information content (AvgIpc) is 3.43. The van der Waals surface area contributed by atoms with Gasteiger partial charge in [-0.25, -0.2) is 4.98 Å². The van der Waals surface area contributed by atoms with Crippen molar-refractivity contribution in [3.63, 3.8) is 0 Å². The summed E-state index contributed by atoms with van der Waals surface area (Å²) in [6.45, 7) is 1.85. The van der Waals surface area contributed by atoms with Gasteiger partial charge in [0.15, 0.2) is 0 Å². The number of anilines is 1. The summed E-state index contributed by atoms with van der Waals surface area (Å²) in [5.74, 6) is 2.38. The lowest BCUT2D eigenvalue weighted by atomic mass is 9.93. The third kappa shape index (κ3) is 2.76. The van der Waals surface area contributed by atoms with E-state index in [0.29, 0.717) is 12.0 Å². The second-order valence-corrected chi connectivity index (χ2v) is 7.90. The Balaban J connectivity index is 1.45. The maximum atomic E-state index is 9.68. The Hall–Kier alpha value is -2.42. The fourth-order valence-corrected chi connectivity index (χ4v) is 4.50. The molecule has 2 aromatic rings. The minimum atomic E-state index is 0.372. The van der Waals surface area contributed by atoms with E-state index in [1.54, 1.807) is 0 Å². The van der Waals surface area contributed by atoms with Gasteiger partial charge in [0.25, 0.3) is 0 Å². The molecule has 1 saturated heterocycles. The Kier molecular flexibility index (Phi) is 3.88. The van der Waals surface area contributed by atoms with Crippen LogP contribution in [-0.2, 0) is 12.8 Å². The normalized spacial score (nSPS) is 22.7. The van der Waals surface area contributed by atoms with Gasteiger partial charge in [0.1, 0.15) is 24.0 Å². The Morgan fingerprint density at radius 2 is 2.00 bits per heavy atom. The number of fused-ring (bicyclic) bond motifs is 1. The number of nitrogens with zero attached hydrogens (tertiary/aromatic N) is 6. The Morgan fingerprint density at radius 1 is 1.12 bits per heavy atom. The first kappa shape index (κ1) is 15.8. The van der Waals surface area contributed by atoms with Crippen molar-refractivity contribution in [2.75, 3.05) is 18.0 Å². The number of aryl methyl sites for hydroxylation is 2. The highest BCUT2D eigenvalue weighted by Gasteiger charge is 2.32. The average molecular weight is 348 g/mol. The number of rotatable bonds is 3. The van der Waals surface area contributed by atoms with Crippen molar-refractivity contribution < 1.29 is 0 Å². The topological polar surface area (TPSA) is 70.6 Å². The second kappa shape index (κ2) is 6.39. The van der Waals surface area contributed by atoms with Crippen LogP contribution in [0.2, 0.25) is 0 Å². The molecule has 6 nitrogen and oxygen atoms in total. The molecular weight excluding hydrogens is 324 g/mol. The largest absolute Gasteiger partial charge is 0.355 e. The van der Waals surface area contributed by atoms with Crippen LogP contribution in [0.4, 0.5) is 5.82 Å². The molecule has 3 aliphatic rings. The molecular formula is C20H24N6. The predicted octanol–water partition coefficient (Wildman–Crippen LogP) is 3.14. The molecule has 26 heavy (non-hydrogen) atoms. The van der Waals surface area contributed by atoms with Gasteiger partial charge in [0.2, 0.25) is 0 Å². The second-order valence-electron chi connectivity index (χ2n) is 7.90. The van der Waals surface area contributed by atoms with Crippen LogP contribution in [0.15, 0.2) is 12.4 Å². The van der Waals surface area contributed by atoms with E-state index < -0.39 is 0 Å². The Morgan fingerprint density at radius 3 is 2.85 bits per heavy atom. The number of piperidine rings is 1. The molecule has 0 radical (unpaired) electrons. The van der Waals surface area contributed by atoms with Gasteiger partial charge < -0.3 is 9.47 Å². The summed E-state index contributed by atoms with van der Waals surface area (Å²) in [5.41, 5.74) is 3.21. The van der Waals surface area contributed by atoms with Crippen LogP contribution in [-0.4, -0.2) is 32.8 Å². The summed E-state index contributed by atoms with van der Waals surface area (Å²) in [5, 5.41) is 18.3. The van der Waals surface area contributed by atoms with Crippen molar-refractivity contribution in [2.45, 2.75) is 63.3 Å². The van der Waals surface area contributed by atoms with Crippen molar-refractivity contribution in [2.24, 2.45) is 0 Å². The lowest BCUT2D eigenvalue weighted by Crippen LogP contribution is -2.36. The van der Waals surface area contributed by atoms with E-state index in [0.717, 1.165) is 56.0 Å². The van der Waals surface area contributed by atoms with E-state index in [4.69, 9.17) is 4.98 Å². The van der Waals surface area contributed by atoms with E-state index >= 15 is 0 Å². The minimum Gasteiger partial charge on any atom is -0.355 e. The van der Waals surface area contributed by atoms with Gasteiger partial charge in [-0.15, -0.1) is 10.2 Å². The molecule has 2 fully saturated rings. The van der Waals surface area contributed by atoms with Gasteiger partial charge in [-0.1, -0.05) is 0 Å². The molecule has 2 aliphatic carbocycles. The summed E-state index contributed by atoms with van der Waals surface area (Å²) in [4.78, 5) is 7.27. The number of aromatic nitrogens is 4. The fourth-order valence-electron chi connectivity index (χ4n) is 4.50. The molecule has 0 spiro atoms. The molecule has 134 valence electrons. The number of hydrogen-bond donors (Lipinski definition) is 0. The van der Waals surface area contributed by atoms with Crippen LogP contribution in [0, 0.1) is 11.3 Å². The first-order valence-corrected chi connectivity index (χ1v) is 9.90. The van der Waals surface area contributed by atoms with Crippen LogP contribution in [0.3, 0.4) is 0 Å². The first-order chi connectivity index (χ1) is 12.8. The van der Waals surface area contributed by atoms with Gasteiger partial charge >= 0.3 is 0 Å². The first-order valence-electron chi connectivity index (χ1n) is 9.90. The monoisotopic (exact) mass is 348 g/mol. The fraction of sp³-hybridized carbons (Fsp3) is 0.600. The highest BCUT2D eigenvalue weighted by atomic mass is 15.3. The van der Waals surface area contributed by atoms with Crippen molar-refractivity contribution in [1.82, 2.24) is 19.7 Å². The summed E-state index contributed by atoms with van der Waals surface area (Å²) in [6.07, 6.45) is 11.1. The van der Waals surface area contributed by atoms with Crippen molar-refractivity contribution in [3.05, 3.63) is 35.0 Å². The van der Waals surface area contributed by atoms with Gasteiger partial charge in [0, 0.05) is 30.7 Å². The molecule has 6 heteroatoms. The molecule has 0 N–H and O–H groups in total. The van der Waals surface area contributed by atoms with E-state index in [2.05, 4.69) is 31.8 Å². The van der Waals surface area contributed by atoms with Crippen LogP contribution in [0.1, 0.15) is 73.1 Å². The molecule has 3 heterocycles. The summed E-state index contributed by atoms with van der Waals surface area (Å²) in [6, 6.07) is 5.09. The lowest BCUT2D eigenvalue weighted by Gasteiger charge is -2.34. The molecule has 5 rings (SSSR count). The van der Waals surface area contributed by atoms with Crippen LogP contribution in [0.5, 0.6) is 0 Å². The van der Waals surface area contributed by atoms with Crippen LogP contribution in [0.25, 0.3) is 0 Å². The number of pyridine rings is 1. The van der Waals surface area contributed by atoms with E-state index in [9.17, 15) is 5.26 Å². The number of nitriles is 1. The van der Waals surface area contributed by atoms with E-state index in [1.165, 1.54) is 36.9 Å². The SMILES string of the molecule is N#Cc1cc2c(nc1N1CCCC(c3nncn3C3CC3)C1)CCCC2. The van der Waals surface area contributed by atoms with Gasteiger partial charge in [-0.3, -0.25) is 0 Å². The minimum absolute atomic E-state index is 0.372. The molecule has 1 aliphatic heterocycles. The van der Waals surface area contributed by atoms with Crippen LogP contribution >= 0.6 is 0 Å². The standard InChI is InChI=1S/C20H24N6/c21-11-16-10-14-4-1-2-6-18(14)23-19(16)25-9-3-5-15(12-25)20-24-22-13-26(20)17-7-8-17/h10,13,15,17H,1-9,12H2. The molecule has 0 amide bonds. The lowest BCUT2D eigenvalue weighted by molar-refractivity contribution is 0.468. The highest BCUT2D eigenvalue weighted by molar-refractivity contribution is 5.57. The zero-order chi connectivity index (χ0) is 17.5. The third-order valence-electron chi connectivity index (χ3n) is 6.03. The smallest absolute Gasteiger partial charge is 0.146 e. The molecule has 1 atom stereocenters. The third-order valence-corrected chi connectivity index (χ3v) is 6.03. The maximum Gasteiger partial charge on any atom is 0.146 e. The Labute approximate surface area is 153 Å². The predicted molar refractivity (Wildman–Crippen MR) is 98.1 cm³/mol. The van der Waals surface area contributed by atoms with Gasteiger partial charge in [-0.2, -0.15) is 5.26 Å². The molecule has 0 aromatic carbocycles. The zero-order valence-corrected chi connectivity index (χ0v) is 15.1. The molecule has 1 unspecified atom stereocenters. The molecule has 2 aromatic heterocycles. The van der Waals surface area contributed by atoms with Gasteiger partial charge in [-0.05, 0) is 63.0 Å². The maximum absolute atomic E-state index is 9.68. The van der Waals surface area contributed by atoms with Crippen molar-refractivity contribution >= 4 is 5.82 Å². The quantitative estimate of drug-likeness (QED) is 0.852. The zero-order valence-electron chi connectivity index (χ0n) is 15.1. The molecule has 0 bridgehead atoms. The van der Waals surface area contributed by atoms with Crippen molar-refractivity contribution in [3.8, 4) is 6.07 Å². The number of hydrogen-bond acceptors (Lipinski definition) is 5. The van der Waals surface area contributed by atoms with Gasteiger partial charge in [0.05, 0.1) is 5.56 Å². The van der Waals surface area contributed by atoms with E-state index in [1.807, 2.05) is 6.33 Å². The van der Waals surface area contributed by atoms with Crippen molar-refractivity contribution in [1.29, 1.82) is 5.26 Å². The van der Waals surface area contributed by atoms with E-state index in [-0.39, 0.29) is 0 Å².